The summed E-state index contributed by atoms with van der Waals surface area (Å²) in [7, 11) is 0. The van der Waals surface area contributed by atoms with Crippen molar-refractivity contribution in [2.45, 2.75) is 47.2 Å². The van der Waals surface area contributed by atoms with Gasteiger partial charge in [0, 0.05) is 31.9 Å². The number of anilines is 1. The maximum Gasteiger partial charge on any atom is 0.128 e. The highest BCUT2D eigenvalue weighted by Crippen LogP contribution is 2.13. The van der Waals surface area contributed by atoms with Crippen LogP contribution in [0.3, 0.4) is 0 Å². The molecule has 0 aliphatic rings. The van der Waals surface area contributed by atoms with Gasteiger partial charge in [-0.15, -0.1) is 0 Å². The molecule has 0 saturated heterocycles. The Labute approximate surface area is 112 Å². The van der Waals surface area contributed by atoms with Crippen LogP contribution in [0, 0.1) is 5.92 Å². The van der Waals surface area contributed by atoms with Crippen molar-refractivity contribution in [1.82, 2.24) is 10.3 Å². The van der Waals surface area contributed by atoms with Gasteiger partial charge in [0.05, 0.1) is 0 Å². The minimum atomic E-state index is 0.512. The third kappa shape index (κ3) is 5.05. The highest BCUT2D eigenvalue weighted by Gasteiger charge is 2.07. The van der Waals surface area contributed by atoms with E-state index in [0.717, 1.165) is 25.5 Å². The standard InChI is InChI=1S/C15H27N3/c1-6-18(11-12(2)3)15-8-7-14(10-17-15)9-16-13(4)5/h7-8,10,12-13,16H,6,9,11H2,1-5H3. The Bertz CT molecular complexity index is 330. The second-order valence-corrected chi connectivity index (χ2v) is 5.49. The second-order valence-electron chi connectivity index (χ2n) is 5.49. The smallest absolute Gasteiger partial charge is 0.128 e. The minimum Gasteiger partial charge on any atom is -0.357 e. The number of hydrogen-bond acceptors (Lipinski definition) is 3. The molecule has 0 saturated carbocycles. The molecule has 0 aliphatic carbocycles. The lowest BCUT2D eigenvalue weighted by atomic mass is 10.2. The molecule has 3 nitrogen and oxygen atoms in total. The summed E-state index contributed by atoms with van der Waals surface area (Å²) < 4.78 is 0. The average molecular weight is 249 g/mol. The van der Waals surface area contributed by atoms with E-state index in [1.165, 1.54) is 5.56 Å². The molecule has 0 fully saturated rings. The largest absolute Gasteiger partial charge is 0.357 e. The third-order valence-electron chi connectivity index (χ3n) is 2.81. The number of nitrogens with one attached hydrogen (secondary N) is 1. The first kappa shape index (κ1) is 15.0. The van der Waals surface area contributed by atoms with Crippen molar-refractivity contribution in [2.75, 3.05) is 18.0 Å². The van der Waals surface area contributed by atoms with E-state index in [1.807, 2.05) is 6.20 Å². The summed E-state index contributed by atoms with van der Waals surface area (Å²) in [5, 5.41) is 3.40. The van der Waals surface area contributed by atoms with E-state index in [4.69, 9.17) is 0 Å². The lowest BCUT2D eigenvalue weighted by molar-refractivity contribution is 0.587. The molecule has 18 heavy (non-hydrogen) atoms. The van der Waals surface area contributed by atoms with E-state index in [0.29, 0.717) is 12.0 Å². The van der Waals surface area contributed by atoms with Gasteiger partial charge in [-0.25, -0.2) is 4.98 Å². The molecule has 1 heterocycles. The quantitative estimate of drug-likeness (QED) is 0.805. The van der Waals surface area contributed by atoms with Crippen LogP contribution < -0.4 is 10.2 Å². The fourth-order valence-corrected chi connectivity index (χ4v) is 1.86. The molecule has 0 spiro atoms. The van der Waals surface area contributed by atoms with Gasteiger partial charge in [-0.2, -0.15) is 0 Å². The molecule has 3 heteroatoms. The normalized spacial score (nSPS) is 11.3. The Balaban J connectivity index is 2.62. The van der Waals surface area contributed by atoms with Crippen LogP contribution in [-0.4, -0.2) is 24.1 Å². The van der Waals surface area contributed by atoms with Crippen molar-refractivity contribution in [1.29, 1.82) is 0 Å². The highest BCUT2D eigenvalue weighted by atomic mass is 15.2. The van der Waals surface area contributed by atoms with Crippen molar-refractivity contribution in [3.8, 4) is 0 Å². The minimum absolute atomic E-state index is 0.512. The Kier molecular flexibility index (Phi) is 6.13. The number of hydrogen-bond donors (Lipinski definition) is 1. The van der Waals surface area contributed by atoms with Gasteiger partial charge in [-0.1, -0.05) is 33.8 Å². The summed E-state index contributed by atoms with van der Waals surface area (Å²) in [6.07, 6.45) is 1.98. The van der Waals surface area contributed by atoms with Crippen LogP contribution in [0.5, 0.6) is 0 Å². The number of nitrogens with zero attached hydrogens (tertiary/aromatic N) is 2. The fourth-order valence-electron chi connectivity index (χ4n) is 1.86. The van der Waals surface area contributed by atoms with Gasteiger partial charge in [0.15, 0.2) is 0 Å². The number of rotatable bonds is 7. The maximum absolute atomic E-state index is 4.57. The average Bonchev–Trinajstić information content (AvgIpc) is 2.34. The van der Waals surface area contributed by atoms with Gasteiger partial charge in [0.25, 0.3) is 0 Å². The SMILES string of the molecule is CCN(CC(C)C)c1ccc(CNC(C)C)cn1. The molecule has 0 radical (unpaired) electrons. The summed E-state index contributed by atoms with van der Waals surface area (Å²) in [6, 6.07) is 4.81. The highest BCUT2D eigenvalue weighted by molar-refractivity contribution is 5.39. The first-order valence-electron chi connectivity index (χ1n) is 6.96. The predicted molar refractivity (Wildman–Crippen MR) is 78.9 cm³/mol. The van der Waals surface area contributed by atoms with Crippen molar-refractivity contribution in [3.63, 3.8) is 0 Å². The Hall–Kier alpha value is -1.09. The molecule has 0 aliphatic heterocycles. The molecule has 0 aromatic carbocycles. The van der Waals surface area contributed by atoms with E-state index in [-0.39, 0.29) is 0 Å². The second kappa shape index (κ2) is 7.37. The molecular formula is C15H27N3. The van der Waals surface area contributed by atoms with Gasteiger partial charge in [-0.05, 0) is 24.5 Å². The van der Waals surface area contributed by atoms with Crippen LogP contribution in [0.25, 0.3) is 0 Å². The molecule has 1 aromatic heterocycles. The first-order valence-corrected chi connectivity index (χ1v) is 6.96. The van der Waals surface area contributed by atoms with E-state index in [9.17, 15) is 0 Å². The Morgan fingerprint density at radius 2 is 1.94 bits per heavy atom. The molecule has 102 valence electrons. The van der Waals surface area contributed by atoms with Crippen molar-refractivity contribution in [3.05, 3.63) is 23.9 Å². The molecule has 0 atom stereocenters. The molecule has 0 amide bonds. The zero-order valence-electron chi connectivity index (χ0n) is 12.4. The van der Waals surface area contributed by atoms with Crippen LogP contribution in [0.4, 0.5) is 5.82 Å². The molecule has 0 bridgehead atoms. The lowest BCUT2D eigenvalue weighted by Gasteiger charge is -2.24. The molecular weight excluding hydrogens is 222 g/mol. The molecule has 1 aromatic rings. The molecule has 1 rings (SSSR count). The van der Waals surface area contributed by atoms with Crippen molar-refractivity contribution in [2.24, 2.45) is 5.92 Å². The van der Waals surface area contributed by atoms with Crippen LogP contribution in [-0.2, 0) is 6.54 Å². The summed E-state index contributed by atoms with van der Waals surface area (Å²) in [5.41, 5.74) is 1.24. The molecule has 1 N–H and O–H groups in total. The van der Waals surface area contributed by atoms with Gasteiger partial charge >= 0.3 is 0 Å². The predicted octanol–water partition coefficient (Wildman–Crippen LogP) is 3.06. The van der Waals surface area contributed by atoms with E-state index in [1.54, 1.807) is 0 Å². The van der Waals surface area contributed by atoms with Gasteiger partial charge < -0.3 is 10.2 Å². The third-order valence-corrected chi connectivity index (χ3v) is 2.81. The number of aromatic nitrogens is 1. The lowest BCUT2D eigenvalue weighted by Crippen LogP contribution is -2.28. The maximum atomic E-state index is 4.57. The fraction of sp³-hybridized carbons (Fsp3) is 0.667. The van der Waals surface area contributed by atoms with Gasteiger partial charge in [0.1, 0.15) is 5.82 Å². The van der Waals surface area contributed by atoms with Crippen LogP contribution in [0.2, 0.25) is 0 Å². The summed E-state index contributed by atoms with van der Waals surface area (Å²) in [5.74, 6) is 1.74. The topological polar surface area (TPSA) is 28.2 Å². The first-order chi connectivity index (χ1) is 8.52. The van der Waals surface area contributed by atoms with E-state index >= 15 is 0 Å². The Morgan fingerprint density at radius 3 is 2.39 bits per heavy atom. The zero-order valence-corrected chi connectivity index (χ0v) is 12.4. The number of pyridine rings is 1. The van der Waals surface area contributed by atoms with Gasteiger partial charge in [-0.3, -0.25) is 0 Å². The van der Waals surface area contributed by atoms with Crippen molar-refractivity contribution < 1.29 is 0 Å². The monoisotopic (exact) mass is 249 g/mol. The zero-order chi connectivity index (χ0) is 13.5. The van der Waals surface area contributed by atoms with Crippen molar-refractivity contribution >= 4 is 5.82 Å². The van der Waals surface area contributed by atoms with E-state index in [2.05, 4.69) is 62.0 Å². The van der Waals surface area contributed by atoms with E-state index < -0.39 is 0 Å². The van der Waals surface area contributed by atoms with Gasteiger partial charge in [0.2, 0.25) is 0 Å². The summed E-state index contributed by atoms with van der Waals surface area (Å²) >= 11 is 0. The molecule has 0 unspecified atom stereocenters. The summed E-state index contributed by atoms with van der Waals surface area (Å²) in [6.45, 7) is 13.9. The Morgan fingerprint density at radius 1 is 1.22 bits per heavy atom. The van der Waals surface area contributed by atoms with Crippen LogP contribution in [0.1, 0.15) is 40.2 Å². The van der Waals surface area contributed by atoms with Crippen LogP contribution in [0.15, 0.2) is 18.3 Å². The van der Waals surface area contributed by atoms with Crippen LogP contribution >= 0.6 is 0 Å². The summed E-state index contributed by atoms with van der Waals surface area (Å²) in [4.78, 5) is 6.89.